The van der Waals surface area contributed by atoms with E-state index in [9.17, 15) is 4.79 Å². The summed E-state index contributed by atoms with van der Waals surface area (Å²) < 4.78 is 0. The lowest BCUT2D eigenvalue weighted by Crippen LogP contribution is -2.51. The molecule has 2 heterocycles. The van der Waals surface area contributed by atoms with Crippen LogP contribution in [-0.2, 0) is 11.2 Å². The zero-order valence-corrected chi connectivity index (χ0v) is 12.4. The lowest BCUT2D eigenvalue weighted by atomic mass is 10.1. The Morgan fingerprint density at radius 2 is 1.85 bits per heavy atom. The fraction of sp³-hybridized carbons (Fsp3) is 0.562. The Bertz CT molecular complexity index is 496. The average Bonchev–Trinajstić information content (AvgIpc) is 3.25. The molecule has 2 fully saturated rings. The molecule has 2 aliphatic heterocycles. The number of carbonyl (C=O) groups excluding carboxylic acids is 1. The van der Waals surface area contributed by atoms with E-state index in [1.807, 2.05) is 0 Å². The van der Waals surface area contributed by atoms with Crippen LogP contribution in [0.4, 0.5) is 0 Å². The number of amides is 1. The van der Waals surface area contributed by atoms with E-state index in [1.165, 1.54) is 23.3 Å². The molecule has 4 heteroatoms. The van der Waals surface area contributed by atoms with Crippen molar-refractivity contribution in [1.82, 2.24) is 9.80 Å². The summed E-state index contributed by atoms with van der Waals surface area (Å²) in [4.78, 5) is 18.6. The molecule has 4 rings (SSSR count). The van der Waals surface area contributed by atoms with Crippen LogP contribution in [0, 0.1) is 0 Å². The number of hydrogen-bond donors (Lipinski definition) is 0. The predicted molar refractivity (Wildman–Crippen MR) is 81.0 cm³/mol. The maximum absolute atomic E-state index is 12.6. The lowest BCUT2D eigenvalue weighted by molar-refractivity contribution is -0.132. The highest BCUT2D eigenvalue weighted by atomic mass is 32.2. The van der Waals surface area contributed by atoms with Gasteiger partial charge in [0.05, 0.1) is 5.25 Å². The maximum Gasteiger partial charge on any atom is 0.236 e. The normalized spacial score (nSPS) is 26.6. The highest BCUT2D eigenvalue weighted by molar-refractivity contribution is 8.01. The Morgan fingerprint density at radius 1 is 1.10 bits per heavy atom. The van der Waals surface area contributed by atoms with Crippen molar-refractivity contribution in [2.75, 3.05) is 26.2 Å². The molecule has 1 saturated carbocycles. The molecule has 0 unspecified atom stereocenters. The van der Waals surface area contributed by atoms with Gasteiger partial charge in [0.25, 0.3) is 0 Å². The summed E-state index contributed by atoms with van der Waals surface area (Å²) in [5.41, 5.74) is 1.34. The summed E-state index contributed by atoms with van der Waals surface area (Å²) in [5, 5.41) is 0.111. The van der Waals surface area contributed by atoms with Crippen molar-refractivity contribution < 1.29 is 4.79 Å². The third-order valence-corrected chi connectivity index (χ3v) is 5.92. The second kappa shape index (κ2) is 5.08. The molecule has 3 aliphatic rings. The fourth-order valence-corrected chi connectivity index (χ4v) is 4.55. The number of piperazine rings is 1. The van der Waals surface area contributed by atoms with E-state index >= 15 is 0 Å². The van der Waals surface area contributed by atoms with Crippen LogP contribution < -0.4 is 0 Å². The van der Waals surface area contributed by atoms with Crippen molar-refractivity contribution in [2.24, 2.45) is 0 Å². The molecular formula is C16H20N2OS. The first-order chi connectivity index (χ1) is 9.81. The number of benzene rings is 1. The zero-order chi connectivity index (χ0) is 13.5. The van der Waals surface area contributed by atoms with Crippen LogP contribution in [-0.4, -0.2) is 53.2 Å². The lowest BCUT2D eigenvalue weighted by Gasteiger charge is -2.35. The molecular weight excluding hydrogens is 268 g/mol. The summed E-state index contributed by atoms with van der Waals surface area (Å²) in [7, 11) is 0. The molecule has 106 valence electrons. The van der Waals surface area contributed by atoms with Crippen LogP contribution in [0.2, 0.25) is 0 Å². The molecule has 0 aromatic heterocycles. The van der Waals surface area contributed by atoms with Gasteiger partial charge in [0, 0.05) is 37.1 Å². The van der Waals surface area contributed by atoms with E-state index in [1.54, 1.807) is 11.8 Å². The number of carbonyl (C=O) groups is 1. The summed E-state index contributed by atoms with van der Waals surface area (Å²) in [5.74, 6) is 0.349. The first-order valence-corrected chi connectivity index (χ1v) is 8.46. The van der Waals surface area contributed by atoms with Crippen molar-refractivity contribution >= 4 is 17.7 Å². The van der Waals surface area contributed by atoms with Gasteiger partial charge < -0.3 is 4.90 Å². The van der Waals surface area contributed by atoms with Crippen LogP contribution in [0.25, 0.3) is 0 Å². The molecule has 1 aromatic rings. The van der Waals surface area contributed by atoms with Gasteiger partial charge in [0.2, 0.25) is 5.91 Å². The number of thioether (sulfide) groups is 1. The molecule has 1 atom stereocenters. The van der Waals surface area contributed by atoms with Gasteiger partial charge in [0.15, 0.2) is 0 Å². The first-order valence-electron chi connectivity index (χ1n) is 7.58. The van der Waals surface area contributed by atoms with Gasteiger partial charge in [-0.1, -0.05) is 18.2 Å². The maximum atomic E-state index is 12.6. The minimum atomic E-state index is 0.111. The molecule has 1 amide bonds. The summed E-state index contributed by atoms with van der Waals surface area (Å²) >= 11 is 1.75. The van der Waals surface area contributed by atoms with Crippen molar-refractivity contribution in [3.05, 3.63) is 29.8 Å². The third kappa shape index (κ3) is 2.35. The summed E-state index contributed by atoms with van der Waals surface area (Å²) in [6.45, 7) is 3.98. The van der Waals surface area contributed by atoms with Crippen LogP contribution in [0.15, 0.2) is 29.2 Å². The minimum Gasteiger partial charge on any atom is -0.339 e. The Morgan fingerprint density at radius 3 is 2.55 bits per heavy atom. The van der Waals surface area contributed by atoms with Gasteiger partial charge in [-0.2, -0.15) is 0 Å². The number of fused-ring (bicyclic) bond motifs is 1. The molecule has 0 radical (unpaired) electrons. The smallest absolute Gasteiger partial charge is 0.236 e. The number of hydrogen-bond acceptors (Lipinski definition) is 3. The van der Waals surface area contributed by atoms with E-state index in [2.05, 4.69) is 34.1 Å². The Hall–Kier alpha value is -1.00. The Balaban J connectivity index is 1.37. The third-order valence-electron chi connectivity index (χ3n) is 4.61. The second-order valence-corrected chi connectivity index (χ2v) is 7.26. The number of rotatable bonds is 2. The van der Waals surface area contributed by atoms with Gasteiger partial charge in [0.1, 0.15) is 0 Å². The van der Waals surface area contributed by atoms with Gasteiger partial charge >= 0.3 is 0 Å². The first kappa shape index (κ1) is 12.7. The SMILES string of the molecule is O=C([C@@H]1Cc2ccccc2S1)N1CCN(C2CC2)CC1. The molecule has 20 heavy (non-hydrogen) atoms. The Labute approximate surface area is 124 Å². The van der Waals surface area contributed by atoms with Crippen LogP contribution in [0.3, 0.4) is 0 Å². The van der Waals surface area contributed by atoms with E-state index < -0.39 is 0 Å². The largest absolute Gasteiger partial charge is 0.339 e. The van der Waals surface area contributed by atoms with Gasteiger partial charge in [-0.25, -0.2) is 0 Å². The van der Waals surface area contributed by atoms with Gasteiger partial charge in [-0.05, 0) is 30.9 Å². The topological polar surface area (TPSA) is 23.6 Å². The standard InChI is InChI=1S/C16H20N2OS/c19-16(15-11-12-3-1-2-4-14(12)20-15)18-9-7-17(8-10-18)13-5-6-13/h1-4,13,15H,5-11H2/t15-/m0/s1. The van der Waals surface area contributed by atoms with Gasteiger partial charge in [-0.15, -0.1) is 11.8 Å². The van der Waals surface area contributed by atoms with Crippen LogP contribution in [0.5, 0.6) is 0 Å². The van der Waals surface area contributed by atoms with Crippen molar-refractivity contribution in [1.29, 1.82) is 0 Å². The Kier molecular flexibility index (Phi) is 3.23. The summed E-state index contributed by atoms with van der Waals surface area (Å²) in [6, 6.07) is 9.25. The monoisotopic (exact) mass is 288 g/mol. The molecule has 0 bridgehead atoms. The molecule has 0 spiro atoms. The predicted octanol–water partition coefficient (Wildman–Crippen LogP) is 2.01. The molecule has 0 N–H and O–H groups in total. The second-order valence-electron chi connectivity index (χ2n) is 6.01. The fourth-order valence-electron chi connectivity index (χ4n) is 3.27. The molecule has 1 saturated heterocycles. The van der Waals surface area contributed by atoms with E-state index in [4.69, 9.17) is 0 Å². The average molecular weight is 288 g/mol. The van der Waals surface area contributed by atoms with Crippen molar-refractivity contribution in [2.45, 2.75) is 35.4 Å². The van der Waals surface area contributed by atoms with E-state index in [0.717, 1.165) is 38.6 Å². The van der Waals surface area contributed by atoms with Crippen LogP contribution >= 0.6 is 11.8 Å². The van der Waals surface area contributed by atoms with Gasteiger partial charge in [-0.3, -0.25) is 9.69 Å². The van der Waals surface area contributed by atoms with E-state index in [0.29, 0.717) is 5.91 Å². The minimum absolute atomic E-state index is 0.111. The zero-order valence-electron chi connectivity index (χ0n) is 11.6. The quantitative estimate of drug-likeness (QED) is 0.832. The summed E-state index contributed by atoms with van der Waals surface area (Å²) in [6.07, 6.45) is 3.63. The van der Waals surface area contributed by atoms with Crippen molar-refractivity contribution in [3.8, 4) is 0 Å². The van der Waals surface area contributed by atoms with Crippen molar-refractivity contribution in [3.63, 3.8) is 0 Å². The van der Waals surface area contributed by atoms with E-state index in [-0.39, 0.29) is 5.25 Å². The number of nitrogens with zero attached hydrogens (tertiary/aromatic N) is 2. The highest BCUT2D eigenvalue weighted by Crippen LogP contribution is 2.37. The molecule has 1 aliphatic carbocycles. The van der Waals surface area contributed by atoms with Crippen LogP contribution in [0.1, 0.15) is 18.4 Å². The molecule has 1 aromatic carbocycles. The molecule has 3 nitrogen and oxygen atoms in total. The highest BCUT2D eigenvalue weighted by Gasteiger charge is 2.35.